The Labute approximate surface area is 232 Å². The summed E-state index contributed by atoms with van der Waals surface area (Å²) in [6, 6.07) is 19.3. The number of carbonyl (C=O) groups is 1. The second-order valence-electron chi connectivity index (χ2n) is 7.93. The fraction of sp³-hybridized carbons (Fsp3) is 0.0769. The number of anilines is 1. The van der Waals surface area contributed by atoms with E-state index >= 15 is 0 Å². The molecule has 0 saturated heterocycles. The fourth-order valence-electron chi connectivity index (χ4n) is 3.81. The van der Waals surface area contributed by atoms with Crippen molar-refractivity contribution in [1.29, 1.82) is 0 Å². The summed E-state index contributed by atoms with van der Waals surface area (Å²) in [5.74, 6) is 0.840. The van der Waals surface area contributed by atoms with Crippen LogP contribution in [0.1, 0.15) is 10.4 Å². The van der Waals surface area contributed by atoms with E-state index in [4.69, 9.17) is 51.4 Å². The number of nitrogens with one attached hydrogen (secondary N) is 2. The smallest absolute Gasteiger partial charge is 0.251 e. The topological polar surface area (TPSA) is 84.7 Å². The lowest BCUT2D eigenvalue weighted by Gasteiger charge is -2.12. The molecule has 5 aromatic rings. The van der Waals surface area contributed by atoms with Crippen molar-refractivity contribution in [1.82, 2.24) is 24.8 Å². The van der Waals surface area contributed by atoms with Crippen LogP contribution in [0.3, 0.4) is 0 Å². The summed E-state index contributed by atoms with van der Waals surface area (Å²) in [6.07, 6.45) is 1.43. The number of amides is 1. The number of hydrogen-bond donors (Lipinski definition) is 2. The van der Waals surface area contributed by atoms with Crippen LogP contribution in [0.15, 0.2) is 73.1 Å². The summed E-state index contributed by atoms with van der Waals surface area (Å²) >= 11 is 25.4. The zero-order valence-electron chi connectivity index (χ0n) is 19.1. The second-order valence-corrected chi connectivity index (χ2v) is 9.62. The Balaban J connectivity index is 1.51. The predicted molar refractivity (Wildman–Crippen MR) is 149 cm³/mol. The number of fused-ring (bicyclic) bond motifs is 1. The molecule has 7 nitrogen and oxygen atoms in total. The van der Waals surface area contributed by atoms with Gasteiger partial charge in [-0.2, -0.15) is 0 Å². The molecule has 0 spiro atoms. The number of halogens is 4. The first-order chi connectivity index (χ1) is 17.9. The molecule has 5 rings (SSSR count). The molecule has 186 valence electrons. The normalized spacial score (nSPS) is 11.0. The van der Waals surface area contributed by atoms with E-state index in [-0.39, 0.29) is 5.91 Å². The van der Waals surface area contributed by atoms with Crippen LogP contribution in [0.5, 0.6) is 0 Å². The molecule has 0 aliphatic heterocycles. The van der Waals surface area contributed by atoms with Crippen LogP contribution in [0.4, 0.5) is 5.82 Å². The Morgan fingerprint density at radius 2 is 1.57 bits per heavy atom. The predicted octanol–water partition coefficient (Wildman–Crippen LogP) is 6.94. The van der Waals surface area contributed by atoms with Gasteiger partial charge in [-0.3, -0.25) is 9.36 Å². The van der Waals surface area contributed by atoms with Crippen LogP contribution in [0, 0.1) is 0 Å². The number of nitrogens with zero attached hydrogens (tertiary/aromatic N) is 4. The van der Waals surface area contributed by atoms with E-state index in [1.54, 1.807) is 53.1 Å². The van der Waals surface area contributed by atoms with Gasteiger partial charge in [0.15, 0.2) is 17.0 Å². The van der Waals surface area contributed by atoms with E-state index in [2.05, 4.69) is 20.6 Å². The van der Waals surface area contributed by atoms with E-state index in [0.717, 1.165) is 0 Å². The van der Waals surface area contributed by atoms with Crippen molar-refractivity contribution in [3.05, 3.63) is 98.7 Å². The Morgan fingerprint density at radius 3 is 2.30 bits per heavy atom. The summed E-state index contributed by atoms with van der Waals surface area (Å²) in [5.41, 5.74) is 2.86. The first-order valence-electron chi connectivity index (χ1n) is 11.1. The van der Waals surface area contributed by atoms with Gasteiger partial charge in [-0.25, -0.2) is 15.0 Å². The number of aromatic nitrogens is 4. The molecular formula is C26H18Cl4N6O. The third-order valence-electron chi connectivity index (χ3n) is 5.51. The van der Waals surface area contributed by atoms with Crippen molar-refractivity contribution in [2.75, 3.05) is 18.4 Å². The van der Waals surface area contributed by atoms with Gasteiger partial charge in [0.05, 0.1) is 15.7 Å². The third-order valence-corrected chi connectivity index (χ3v) is 6.59. The van der Waals surface area contributed by atoms with E-state index < -0.39 is 0 Å². The van der Waals surface area contributed by atoms with Gasteiger partial charge in [-0.1, -0.05) is 64.6 Å². The number of benzene rings is 3. The third kappa shape index (κ3) is 5.36. The highest BCUT2D eigenvalue weighted by atomic mass is 35.5. The van der Waals surface area contributed by atoms with Crippen LogP contribution >= 0.6 is 46.4 Å². The van der Waals surface area contributed by atoms with Gasteiger partial charge >= 0.3 is 0 Å². The van der Waals surface area contributed by atoms with Gasteiger partial charge in [0.1, 0.15) is 12.2 Å². The standard InChI is InChI=1S/C26H18Cl4N6O/c27-16-6-8-18(19(29)12-16)24-35-22-23(31-10-11-32-26(37)15-4-2-1-3-5-15)33-14-34-25(22)36(24)21-9-7-17(28)13-20(21)30/h1-9,12-14H,10-11H2,(H,32,37)(H,31,33,34). The minimum absolute atomic E-state index is 0.156. The average molecular weight is 572 g/mol. The highest BCUT2D eigenvalue weighted by molar-refractivity contribution is 6.37. The largest absolute Gasteiger partial charge is 0.366 e. The minimum Gasteiger partial charge on any atom is -0.366 e. The zero-order chi connectivity index (χ0) is 25.9. The molecule has 2 N–H and O–H groups in total. The first-order valence-corrected chi connectivity index (χ1v) is 12.6. The second kappa shape index (κ2) is 10.9. The van der Waals surface area contributed by atoms with E-state index in [0.29, 0.717) is 72.8 Å². The molecule has 2 aromatic heterocycles. The summed E-state index contributed by atoms with van der Waals surface area (Å²) in [6.45, 7) is 0.787. The van der Waals surface area contributed by atoms with Crippen molar-refractivity contribution in [3.63, 3.8) is 0 Å². The lowest BCUT2D eigenvalue weighted by Crippen LogP contribution is -2.28. The first kappa shape index (κ1) is 25.3. The number of hydrogen-bond acceptors (Lipinski definition) is 5. The summed E-state index contributed by atoms with van der Waals surface area (Å²) in [7, 11) is 0. The van der Waals surface area contributed by atoms with E-state index in [1.165, 1.54) is 6.33 Å². The molecule has 0 unspecified atom stereocenters. The van der Waals surface area contributed by atoms with E-state index in [9.17, 15) is 4.79 Å². The van der Waals surface area contributed by atoms with Gasteiger partial charge in [0.25, 0.3) is 5.91 Å². The molecule has 2 heterocycles. The molecule has 37 heavy (non-hydrogen) atoms. The minimum atomic E-state index is -0.156. The lowest BCUT2D eigenvalue weighted by atomic mass is 10.2. The van der Waals surface area contributed by atoms with Crippen LogP contribution in [0.2, 0.25) is 20.1 Å². The summed E-state index contributed by atoms with van der Waals surface area (Å²) in [4.78, 5) is 26.0. The zero-order valence-corrected chi connectivity index (χ0v) is 22.1. The van der Waals surface area contributed by atoms with Crippen LogP contribution in [-0.4, -0.2) is 38.5 Å². The summed E-state index contributed by atoms with van der Waals surface area (Å²) < 4.78 is 1.80. The highest BCUT2D eigenvalue weighted by Crippen LogP contribution is 2.37. The molecule has 0 aliphatic rings. The Morgan fingerprint density at radius 1 is 0.838 bits per heavy atom. The Kier molecular flexibility index (Phi) is 7.48. The fourth-order valence-corrected chi connectivity index (χ4v) is 4.80. The van der Waals surface area contributed by atoms with Crippen LogP contribution < -0.4 is 10.6 Å². The van der Waals surface area contributed by atoms with Crippen LogP contribution in [-0.2, 0) is 0 Å². The monoisotopic (exact) mass is 570 g/mol. The van der Waals surface area contributed by atoms with Crippen molar-refractivity contribution < 1.29 is 4.79 Å². The molecule has 0 bridgehead atoms. The van der Waals surface area contributed by atoms with Crippen molar-refractivity contribution in [3.8, 4) is 17.1 Å². The molecule has 1 amide bonds. The SMILES string of the molecule is O=C(NCCNc1ncnc2c1nc(-c1ccc(Cl)cc1Cl)n2-c1ccc(Cl)cc1Cl)c1ccccc1. The Bertz CT molecular complexity index is 1610. The molecular weight excluding hydrogens is 554 g/mol. The number of carbonyl (C=O) groups excluding carboxylic acids is 1. The molecule has 0 radical (unpaired) electrons. The maximum absolute atomic E-state index is 12.3. The molecule has 11 heteroatoms. The lowest BCUT2D eigenvalue weighted by molar-refractivity contribution is 0.0955. The quantitative estimate of drug-likeness (QED) is 0.207. The van der Waals surface area contributed by atoms with Gasteiger partial charge < -0.3 is 10.6 Å². The molecule has 0 saturated carbocycles. The van der Waals surface area contributed by atoms with Gasteiger partial charge in [0.2, 0.25) is 0 Å². The molecule has 3 aromatic carbocycles. The molecule has 0 aliphatic carbocycles. The Hall–Kier alpha value is -3.36. The maximum atomic E-state index is 12.3. The van der Waals surface area contributed by atoms with Gasteiger partial charge in [-0.05, 0) is 48.5 Å². The maximum Gasteiger partial charge on any atom is 0.251 e. The van der Waals surface area contributed by atoms with Crippen molar-refractivity contribution >= 4 is 69.3 Å². The molecule has 0 atom stereocenters. The number of rotatable bonds is 7. The average Bonchev–Trinajstić information content (AvgIpc) is 3.27. The van der Waals surface area contributed by atoms with Gasteiger partial charge in [0, 0.05) is 34.3 Å². The van der Waals surface area contributed by atoms with Crippen LogP contribution in [0.25, 0.3) is 28.2 Å². The molecule has 0 fully saturated rings. The van der Waals surface area contributed by atoms with E-state index in [1.807, 2.05) is 18.2 Å². The van der Waals surface area contributed by atoms with Crippen molar-refractivity contribution in [2.45, 2.75) is 0 Å². The van der Waals surface area contributed by atoms with Gasteiger partial charge in [-0.15, -0.1) is 0 Å². The summed E-state index contributed by atoms with van der Waals surface area (Å²) in [5, 5.41) is 7.94. The van der Waals surface area contributed by atoms with Crippen molar-refractivity contribution in [2.24, 2.45) is 0 Å². The highest BCUT2D eigenvalue weighted by Gasteiger charge is 2.22. The number of imidazole rings is 1.